The molecule has 2 rings (SSSR count). The van der Waals surface area contributed by atoms with Crippen LogP contribution in [-0.2, 0) is 0 Å². The van der Waals surface area contributed by atoms with E-state index in [4.69, 9.17) is 0 Å². The van der Waals surface area contributed by atoms with Crippen molar-refractivity contribution < 1.29 is 9.72 Å². The Hall–Kier alpha value is -2.96. The molecule has 0 aliphatic rings. The topological polar surface area (TPSA) is 97.2 Å². The Balaban J connectivity index is 2.23. The molecule has 0 bridgehead atoms. The maximum absolute atomic E-state index is 12.1. The highest BCUT2D eigenvalue weighted by atomic mass is 16.6. The Morgan fingerprint density at radius 1 is 1.29 bits per heavy atom. The third-order valence-corrected chi connectivity index (χ3v) is 2.94. The monoisotopic (exact) mass is 286 g/mol. The minimum Gasteiger partial charge on any atom is -0.373 e. The van der Waals surface area contributed by atoms with E-state index >= 15 is 0 Å². The van der Waals surface area contributed by atoms with Crippen LogP contribution in [0.1, 0.15) is 15.9 Å². The number of benzene rings is 1. The summed E-state index contributed by atoms with van der Waals surface area (Å²) < 4.78 is 0. The van der Waals surface area contributed by atoms with Gasteiger partial charge in [0.15, 0.2) is 0 Å². The van der Waals surface area contributed by atoms with Crippen LogP contribution in [0.3, 0.4) is 0 Å². The summed E-state index contributed by atoms with van der Waals surface area (Å²) in [5.41, 5.74) is 1.30. The lowest BCUT2D eigenvalue weighted by molar-refractivity contribution is -0.385. The van der Waals surface area contributed by atoms with Gasteiger partial charge in [0.2, 0.25) is 0 Å². The second-order valence-electron chi connectivity index (χ2n) is 4.39. The van der Waals surface area contributed by atoms with Gasteiger partial charge >= 0.3 is 0 Å². The first-order chi connectivity index (χ1) is 10.0. The Morgan fingerprint density at radius 2 is 2.05 bits per heavy atom. The average molecular weight is 286 g/mol. The fraction of sp³-hybridized carbons (Fsp3) is 0.143. The summed E-state index contributed by atoms with van der Waals surface area (Å²) in [7, 11) is 1.70. The average Bonchev–Trinajstić information content (AvgIpc) is 2.49. The van der Waals surface area contributed by atoms with Crippen LogP contribution in [0, 0.1) is 17.0 Å². The van der Waals surface area contributed by atoms with E-state index in [2.05, 4.69) is 15.6 Å². The SMILES string of the molecule is CNc1cc(C(=O)Nc2ccc(C)c([N+](=O)[O-])c2)ccn1. The second-order valence-corrected chi connectivity index (χ2v) is 4.39. The number of aryl methyl sites for hydroxylation is 1. The van der Waals surface area contributed by atoms with Crippen molar-refractivity contribution in [2.45, 2.75) is 6.92 Å². The lowest BCUT2D eigenvalue weighted by atomic mass is 10.1. The van der Waals surface area contributed by atoms with Crippen molar-refractivity contribution in [1.82, 2.24) is 4.98 Å². The van der Waals surface area contributed by atoms with Gasteiger partial charge in [0, 0.05) is 36.1 Å². The third kappa shape index (κ3) is 3.33. The van der Waals surface area contributed by atoms with Crippen LogP contribution < -0.4 is 10.6 Å². The highest BCUT2D eigenvalue weighted by molar-refractivity contribution is 6.04. The molecule has 7 nitrogen and oxygen atoms in total. The number of carbonyl (C=O) groups excluding carboxylic acids is 1. The number of nitro groups is 1. The van der Waals surface area contributed by atoms with E-state index in [0.29, 0.717) is 22.6 Å². The van der Waals surface area contributed by atoms with Gasteiger partial charge in [-0.05, 0) is 25.1 Å². The zero-order valence-electron chi connectivity index (χ0n) is 11.6. The maximum atomic E-state index is 12.1. The molecular weight excluding hydrogens is 272 g/mol. The van der Waals surface area contributed by atoms with Crippen LogP contribution >= 0.6 is 0 Å². The molecule has 1 heterocycles. The number of hydrogen-bond donors (Lipinski definition) is 2. The second kappa shape index (κ2) is 6.00. The van der Waals surface area contributed by atoms with Gasteiger partial charge < -0.3 is 10.6 Å². The standard InChI is InChI=1S/C14H14N4O3/c1-9-3-4-11(8-12(9)18(20)21)17-14(19)10-5-6-16-13(7-10)15-2/h3-8H,1-2H3,(H,15,16)(H,17,19). The van der Waals surface area contributed by atoms with Crippen molar-refractivity contribution in [3.8, 4) is 0 Å². The predicted molar refractivity (Wildman–Crippen MR) is 79.6 cm³/mol. The Morgan fingerprint density at radius 3 is 2.71 bits per heavy atom. The van der Waals surface area contributed by atoms with Gasteiger partial charge in [-0.2, -0.15) is 0 Å². The van der Waals surface area contributed by atoms with Gasteiger partial charge in [0.1, 0.15) is 5.82 Å². The van der Waals surface area contributed by atoms with E-state index < -0.39 is 4.92 Å². The minimum atomic E-state index is -0.476. The molecule has 0 saturated heterocycles. The molecule has 1 aromatic heterocycles. The summed E-state index contributed by atoms with van der Waals surface area (Å²) in [6.07, 6.45) is 1.51. The van der Waals surface area contributed by atoms with E-state index in [0.717, 1.165) is 0 Å². The van der Waals surface area contributed by atoms with Crippen molar-refractivity contribution in [2.75, 3.05) is 17.7 Å². The van der Waals surface area contributed by atoms with Gasteiger partial charge in [-0.25, -0.2) is 4.98 Å². The van der Waals surface area contributed by atoms with Crippen molar-refractivity contribution in [2.24, 2.45) is 0 Å². The Labute approximate surface area is 121 Å². The first kappa shape index (κ1) is 14.4. The summed E-state index contributed by atoms with van der Waals surface area (Å²) in [5.74, 6) is 0.213. The normalized spacial score (nSPS) is 10.0. The molecule has 0 aliphatic heterocycles. The third-order valence-electron chi connectivity index (χ3n) is 2.94. The number of anilines is 2. The number of carbonyl (C=O) groups is 1. The number of nitrogens with one attached hydrogen (secondary N) is 2. The van der Waals surface area contributed by atoms with Crippen LogP contribution in [0.25, 0.3) is 0 Å². The van der Waals surface area contributed by atoms with Crippen LogP contribution in [0.5, 0.6) is 0 Å². The maximum Gasteiger partial charge on any atom is 0.274 e. The van der Waals surface area contributed by atoms with E-state index in [1.54, 1.807) is 38.2 Å². The van der Waals surface area contributed by atoms with Gasteiger partial charge in [-0.1, -0.05) is 6.07 Å². The summed E-state index contributed by atoms with van der Waals surface area (Å²) in [6.45, 7) is 1.64. The summed E-state index contributed by atoms with van der Waals surface area (Å²) in [5, 5.41) is 16.4. The van der Waals surface area contributed by atoms with E-state index in [9.17, 15) is 14.9 Å². The Bertz CT molecular complexity index is 700. The number of rotatable bonds is 4. The van der Waals surface area contributed by atoms with E-state index in [-0.39, 0.29) is 11.6 Å². The van der Waals surface area contributed by atoms with Gasteiger partial charge in [0.05, 0.1) is 4.92 Å². The largest absolute Gasteiger partial charge is 0.373 e. The summed E-state index contributed by atoms with van der Waals surface area (Å²) in [6, 6.07) is 7.73. The number of pyridine rings is 1. The molecule has 0 fully saturated rings. The molecule has 1 aromatic carbocycles. The van der Waals surface area contributed by atoms with Gasteiger partial charge in [-0.15, -0.1) is 0 Å². The number of nitro benzene ring substituents is 1. The van der Waals surface area contributed by atoms with Crippen LogP contribution in [0.2, 0.25) is 0 Å². The lowest BCUT2D eigenvalue weighted by Crippen LogP contribution is -2.12. The number of nitrogens with zero attached hydrogens (tertiary/aromatic N) is 2. The van der Waals surface area contributed by atoms with Crippen LogP contribution in [0.15, 0.2) is 36.5 Å². The molecular formula is C14H14N4O3. The smallest absolute Gasteiger partial charge is 0.274 e. The zero-order chi connectivity index (χ0) is 15.4. The molecule has 0 atom stereocenters. The first-order valence-corrected chi connectivity index (χ1v) is 6.21. The number of amides is 1. The van der Waals surface area contributed by atoms with E-state index in [1.165, 1.54) is 12.3 Å². The first-order valence-electron chi connectivity index (χ1n) is 6.21. The molecule has 1 amide bonds. The number of aromatic nitrogens is 1. The van der Waals surface area contributed by atoms with Crippen molar-refractivity contribution in [3.63, 3.8) is 0 Å². The van der Waals surface area contributed by atoms with Crippen molar-refractivity contribution in [3.05, 3.63) is 57.8 Å². The van der Waals surface area contributed by atoms with E-state index in [1.807, 2.05) is 0 Å². The molecule has 2 aromatic rings. The van der Waals surface area contributed by atoms with Crippen molar-refractivity contribution >= 4 is 23.1 Å². The minimum absolute atomic E-state index is 0.0292. The molecule has 0 saturated carbocycles. The summed E-state index contributed by atoms with van der Waals surface area (Å²) in [4.78, 5) is 26.5. The molecule has 0 spiro atoms. The molecule has 21 heavy (non-hydrogen) atoms. The molecule has 0 radical (unpaired) electrons. The van der Waals surface area contributed by atoms with Gasteiger partial charge in [0.25, 0.3) is 11.6 Å². The number of hydrogen-bond acceptors (Lipinski definition) is 5. The van der Waals surface area contributed by atoms with Crippen LogP contribution in [-0.4, -0.2) is 22.9 Å². The molecule has 108 valence electrons. The fourth-order valence-electron chi connectivity index (χ4n) is 1.80. The van der Waals surface area contributed by atoms with Gasteiger partial charge in [-0.3, -0.25) is 14.9 Å². The van der Waals surface area contributed by atoms with Crippen LogP contribution in [0.4, 0.5) is 17.2 Å². The highest BCUT2D eigenvalue weighted by Crippen LogP contribution is 2.22. The Kier molecular flexibility index (Phi) is 4.13. The fourth-order valence-corrected chi connectivity index (χ4v) is 1.80. The molecule has 0 unspecified atom stereocenters. The highest BCUT2D eigenvalue weighted by Gasteiger charge is 2.13. The molecule has 2 N–H and O–H groups in total. The molecule has 7 heteroatoms. The summed E-state index contributed by atoms with van der Waals surface area (Å²) >= 11 is 0. The molecule has 0 aliphatic carbocycles. The van der Waals surface area contributed by atoms with Crippen molar-refractivity contribution in [1.29, 1.82) is 0 Å². The quantitative estimate of drug-likeness (QED) is 0.665. The lowest BCUT2D eigenvalue weighted by Gasteiger charge is -2.07. The predicted octanol–water partition coefficient (Wildman–Crippen LogP) is 2.59. The zero-order valence-corrected chi connectivity index (χ0v) is 11.6.